The minimum Gasteiger partial charge on any atom is -0.458 e. The van der Waals surface area contributed by atoms with E-state index in [1.54, 1.807) is 12.1 Å². The molecule has 1 aromatic carbocycles. The zero-order valence-corrected chi connectivity index (χ0v) is 10.1. The maximum absolute atomic E-state index is 6.02. The van der Waals surface area contributed by atoms with Gasteiger partial charge in [-0.1, -0.05) is 34.8 Å². The number of nitrogens with two attached hydrogens (primary N) is 1. The fourth-order valence-electron chi connectivity index (χ4n) is 1.34. The molecule has 0 bridgehead atoms. The van der Waals surface area contributed by atoms with Crippen LogP contribution in [0.2, 0.25) is 15.1 Å². The zero-order chi connectivity index (χ0) is 11.2. The van der Waals surface area contributed by atoms with E-state index >= 15 is 0 Å². The van der Waals surface area contributed by atoms with Gasteiger partial charge in [-0.15, -0.1) is 0 Å². The van der Waals surface area contributed by atoms with Gasteiger partial charge >= 0.3 is 0 Å². The van der Waals surface area contributed by atoms with Crippen LogP contribution >= 0.6 is 34.8 Å². The minimum absolute atomic E-state index is 0.205. The molecule has 0 aliphatic carbocycles. The summed E-state index contributed by atoms with van der Waals surface area (Å²) in [6.45, 7) is 1.82. The van der Waals surface area contributed by atoms with Crippen molar-refractivity contribution in [1.82, 2.24) is 0 Å². The largest absolute Gasteiger partial charge is 0.458 e. The predicted octanol–water partition coefficient (Wildman–Crippen LogP) is 4.41. The molecule has 2 nitrogen and oxygen atoms in total. The minimum atomic E-state index is -0.205. The number of rotatable bonds is 1. The van der Waals surface area contributed by atoms with Gasteiger partial charge in [0, 0.05) is 5.39 Å². The van der Waals surface area contributed by atoms with Gasteiger partial charge in [-0.25, -0.2) is 0 Å². The van der Waals surface area contributed by atoms with E-state index in [2.05, 4.69) is 0 Å². The third kappa shape index (κ3) is 1.83. The van der Waals surface area contributed by atoms with Crippen LogP contribution in [0, 0.1) is 0 Å². The molecule has 0 fully saturated rings. The third-order valence-corrected chi connectivity index (χ3v) is 3.20. The quantitative estimate of drug-likeness (QED) is 0.775. The van der Waals surface area contributed by atoms with Gasteiger partial charge in [0.1, 0.15) is 5.76 Å². The summed E-state index contributed by atoms with van der Waals surface area (Å²) in [5, 5.41) is 1.98. The maximum atomic E-state index is 6.02. The summed E-state index contributed by atoms with van der Waals surface area (Å²) in [5.41, 5.74) is 6.23. The van der Waals surface area contributed by atoms with Crippen molar-refractivity contribution in [3.63, 3.8) is 0 Å². The molecule has 1 unspecified atom stereocenters. The predicted molar refractivity (Wildman–Crippen MR) is 63.8 cm³/mol. The lowest BCUT2D eigenvalue weighted by Crippen LogP contribution is -2.02. The lowest BCUT2D eigenvalue weighted by molar-refractivity contribution is 0.513. The van der Waals surface area contributed by atoms with Crippen molar-refractivity contribution in [2.75, 3.05) is 0 Å². The molecule has 15 heavy (non-hydrogen) atoms. The summed E-state index contributed by atoms with van der Waals surface area (Å²) in [6.07, 6.45) is 0. The Hall–Kier alpha value is -0.410. The van der Waals surface area contributed by atoms with E-state index in [1.807, 2.05) is 6.92 Å². The second-order valence-corrected chi connectivity index (χ2v) is 4.53. The van der Waals surface area contributed by atoms with Crippen LogP contribution in [0.3, 0.4) is 0 Å². The summed E-state index contributed by atoms with van der Waals surface area (Å²) in [6, 6.07) is 3.12. The smallest absolute Gasteiger partial charge is 0.154 e. The van der Waals surface area contributed by atoms with E-state index in [1.165, 1.54) is 0 Å². The molecule has 1 aromatic heterocycles. The Morgan fingerprint density at radius 3 is 2.47 bits per heavy atom. The zero-order valence-electron chi connectivity index (χ0n) is 7.85. The highest BCUT2D eigenvalue weighted by atomic mass is 35.5. The van der Waals surface area contributed by atoms with E-state index in [0.29, 0.717) is 31.8 Å². The van der Waals surface area contributed by atoms with Crippen LogP contribution in [0.15, 0.2) is 16.5 Å². The van der Waals surface area contributed by atoms with Gasteiger partial charge in [-0.05, 0) is 19.1 Å². The van der Waals surface area contributed by atoms with Gasteiger partial charge in [-0.2, -0.15) is 0 Å². The van der Waals surface area contributed by atoms with Crippen molar-refractivity contribution in [2.24, 2.45) is 5.73 Å². The van der Waals surface area contributed by atoms with Crippen LogP contribution in [0.5, 0.6) is 0 Å². The van der Waals surface area contributed by atoms with Crippen molar-refractivity contribution < 1.29 is 4.42 Å². The van der Waals surface area contributed by atoms with E-state index in [0.717, 1.165) is 0 Å². The molecule has 0 aliphatic heterocycles. The van der Waals surface area contributed by atoms with E-state index in [-0.39, 0.29) is 6.04 Å². The van der Waals surface area contributed by atoms with Crippen molar-refractivity contribution in [1.29, 1.82) is 0 Å². The number of hydrogen-bond acceptors (Lipinski definition) is 2. The van der Waals surface area contributed by atoms with Crippen molar-refractivity contribution in [2.45, 2.75) is 13.0 Å². The molecule has 0 saturated carbocycles. The van der Waals surface area contributed by atoms with E-state index in [9.17, 15) is 0 Å². The number of halogens is 3. The van der Waals surface area contributed by atoms with Crippen molar-refractivity contribution >= 4 is 45.8 Å². The topological polar surface area (TPSA) is 39.2 Å². The molecule has 0 amide bonds. The van der Waals surface area contributed by atoms with Gasteiger partial charge in [0.25, 0.3) is 0 Å². The molecule has 0 spiro atoms. The highest BCUT2D eigenvalue weighted by molar-refractivity contribution is 6.47. The summed E-state index contributed by atoms with van der Waals surface area (Å²) < 4.78 is 5.50. The summed E-state index contributed by atoms with van der Waals surface area (Å²) in [4.78, 5) is 0. The normalized spacial score (nSPS) is 13.4. The maximum Gasteiger partial charge on any atom is 0.154 e. The molecule has 0 radical (unpaired) electrons. The molecule has 1 heterocycles. The molecular formula is C10H8Cl3NO. The van der Waals surface area contributed by atoms with Gasteiger partial charge in [-0.3, -0.25) is 0 Å². The Morgan fingerprint density at radius 1 is 1.20 bits per heavy atom. The summed E-state index contributed by atoms with van der Waals surface area (Å²) in [7, 11) is 0. The first-order valence-corrected chi connectivity index (χ1v) is 5.46. The Balaban J connectivity index is 2.80. The lowest BCUT2D eigenvalue weighted by Gasteiger charge is -1.98. The monoisotopic (exact) mass is 263 g/mol. The molecular weight excluding hydrogens is 256 g/mol. The molecule has 1 atom stereocenters. The third-order valence-electron chi connectivity index (χ3n) is 2.12. The SMILES string of the molecule is CC(N)c1cc2c(Cl)c(Cl)cc(Cl)c2o1. The van der Waals surface area contributed by atoms with Crippen LogP contribution in [0.4, 0.5) is 0 Å². The van der Waals surface area contributed by atoms with E-state index < -0.39 is 0 Å². The molecule has 0 saturated heterocycles. The van der Waals surface area contributed by atoms with Gasteiger partial charge in [0.2, 0.25) is 0 Å². The number of fused-ring (bicyclic) bond motifs is 1. The Morgan fingerprint density at radius 2 is 1.87 bits per heavy atom. The van der Waals surface area contributed by atoms with Crippen molar-refractivity contribution in [3.05, 3.63) is 33.0 Å². The Kier molecular flexibility index (Phi) is 2.86. The standard InChI is InChI=1S/C10H8Cl3NO/c1-4(14)8-2-5-9(13)6(11)3-7(12)10(5)15-8/h2-4H,14H2,1H3. The van der Waals surface area contributed by atoms with Crippen LogP contribution in [0.25, 0.3) is 11.0 Å². The summed E-state index contributed by atoms with van der Waals surface area (Å²) >= 11 is 17.9. The molecule has 0 aliphatic rings. The Bertz CT molecular complexity index is 519. The number of benzene rings is 1. The lowest BCUT2D eigenvalue weighted by atomic mass is 10.2. The fourth-order valence-corrected chi connectivity index (χ4v) is 2.05. The van der Waals surface area contributed by atoms with Crippen LogP contribution in [0.1, 0.15) is 18.7 Å². The summed E-state index contributed by atoms with van der Waals surface area (Å²) in [5.74, 6) is 0.635. The van der Waals surface area contributed by atoms with Crippen LogP contribution < -0.4 is 5.73 Å². The van der Waals surface area contributed by atoms with Gasteiger partial charge in [0.05, 0.1) is 21.1 Å². The van der Waals surface area contributed by atoms with Gasteiger partial charge < -0.3 is 10.2 Å². The molecule has 2 rings (SSSR count). The van der Waals surface area contributed by atoms with E-state index in [4.69, 9.17) is 45.0 Å². The second kappa shape index (κ2) is 3.87. The van der Waals surface area contributed by atoms with Crippen LogP contribution in [-0.4, -0.2) is 0 Å². The fraction of sp³-hybridized carbons (Fsp3) is 0.200. The highest BCUT2D eigenvalue weighted by Crippen LogP contribution is 2.38. The van der Waals surface area contributed by atoms with Crippen molar-refractivity contribution in [3.8, 4) is 0 Å². The molecule has 5 heteroatoms. The first kappa shape index (κ1) is 11.1. The number of furan rings is 1. The Labute approximate surface area is 102 Å². The van der Waals surface area contributed by atoms with Gasteiger partial charge in [0.15, 0.2) is 5.58 Å². The average Bonchev–Trinajstić information content (AvgIpc) is 2.59. The number of hydrogen-bond donors (Lipinski definition) is 1. The first-order chi connectivity index (χ1) is 7.00. The molecule has 2 aromatic rings. The highest BCUT2D eigenvalue weighted by Gasteiger charge is 2.15. The second-order valence-electron chi connectivity index (χ2n) is 3.33. The van der Waals surface area contributed by atoms with Crippen LogP contribution in [-0.2, 0) is 0 Å². The molecule has 2 N–H and O–H groups in total. The first-order valence-electron chi connectivity index (χ1n) is 4.33. The average molecular weight is 265 g/mol. The molecule has 80 valence electrons.